The minimum atomic E-state index is -5.01. The summed E-state index contributed by atoms with van der Waals surface area (Å²) < 4.78 is 57.7. The van der Waals surface area contributed by atoms with Gasteiger partial charge in [0, 0.05) is 12.6 Å². The second kappa shape index (κ2) is 10.3. The smallest absolute Gasteiger partial charge is 0.453 e. The van der Waals surface area contributed by atoms with Gasteiger partial charge in [-0.2, -0.15) is 13.2 Å². The zero-order chi connectivity index (χ0) is 26.7. The molecule has 5 rings (SSSR count). The molecule has 1 aromatic heterocycles. The number of hydrogen-bond donors (Lipinski definition) is 1. The Hall–Kier alpha value is -4.79. The van der Waals surface area contributed by atoms with E-state index in [1.54, 1.807) is 24.3 Å². The van der Waals surface area contributed by atoms with Crippen LogP contribution in [0.1, 0.15) is 11.3 Å². The fraction of sp³-hybridized carbons (Fsp3) is 0.103. The van der Waals surface area contributed by atoms with E-state index in [1.807, 2.05) is 42.5 Å². The summed E-state index contributed by atoms with van der Waals surface area (Å²) in [6.45, 7) is -0.0809. The standard InChI is InChI=1S/C29H20F3NO5/c30-29(31,32)28-27(37-22-11-10-19-8-4-5-9-20(19)14-22)26(35)23-13-12-21(15-24(23)38-28)36-17-25(34)33-16-18-6-2-1-3-7-18/h1-15H,16-17H2,(H,33,34). The lowest BCUT2D eigenvalue weighted by Gasteiger charge is -2.14. The molecule has 6 nitrogen and oxygen atoms in total. The molecule has 0 atom stereocenters. The Morgan fingerprint density at radius 1 is 0.842 bits per heavy atom. The number of nitrogens with one attached hydrogen (secondary N) is 1. The van der Waals surface area contributed by atoms with Crippen LogP contribution in [0.2, 0.25) is 0 Å². The van der Waals surface area contributed by atoms with Crippen LogP contribution in [0.3, 0.4) is 0 Å². The Labute approximate surface area is 214 Å². The highest BCUT2D eigenvalue weighted by Crippen LogP contribution is 2.39. The Morgan fingerprint density at radius 2 is 1.55 bits per heavy atom. The molecule has 1 N–H and O–H groups in total. The third kappa shape index (κ3) is 5.46. The van der Waals surface area contributed by atoms with E-state index in [4.69, 9.17) is 13.9 Å². The summed E-state index contributed by atoms with van der Waals surface area (Å²) in [5.74, 6) is -2.84. The van der Waals surface area contributed by atoms with Gasteiger partial charge in [-0.3, -0.25) is 9.59 Å². The van der Waals surface area contributed by atoms with Crippen molar-refractivity contribution in [2.45, 2.75) is 12.7 Å². The molecule has 0 aliphatic rings. The van der Waals surface area contributed by atoms with Crippen LogP contribution in [-0.4, -0.2) is 12.5 Å². The van der Waals surface area contributed by atoms with Crippen LogP contribution < -0.4 is 20.2 Å². The molecular formula is C29H20F3NO5. The first-order chi connectivity index (χ1) is 18.3. The molecule has 38 heavy (non-hydrogen) atoms. The predicted octanol–water partition coefficient (Wildman–Crippen LogP) is 6.45. The van der Waals surface area contributed by atoms with Crippen LogP contribution in [0.4, 0.5) is 13.2 Å². The number of benzene rings is 4. The Morgan fingerprint density at radius 3 is 2.32 bits per heavy atom. The molecule has 0 radical (unpaired) electrons. The van der Waals surface area contributed by atoms with E-state index in [0.717, 1.165) is 22.4 Å². The van der Waals surface area contributed by atoms with Gasteiger partial charge >= 0.3 is 6.18 Å². The highest BCUT2D eigenvalue weighted by Gasteiger charge is 2.40. The van der Waals surface area contributed by atoms with Gasteiger partial charge in [-0.1, -0.05) is 60.7 Å². The maximum atomic E-state index is 13.9. The molecule has 0 aliphatic carbocycles. The number of amides is 1. The van der Waals surface area contributed by atoms with Crippen molar-refractivity contribution in [3.05, 3.63) is 113 Å². The van der Waals surface area contributed by atoms with Gasteiger partial charge in [0.15, 0.2) is 6.61 Å². The minimum Gasteiger partial charge on any atom is -0.484 e. The van der Waals surface area contributed by atoms with Gasteiger partial charge in [-0.05, 0) is 40.6 Å². The van der Waals surface area contributed by atoms with Crippen LogP contribution in [0.25, 0.3) is 21.7 Å². The molecule has 9 heteroatoms. The fourth-order valence-electron chi connectivity index (χ4n) is 3.87. The molecule has 0 fully saturated rings. The molecule has 0 bridgehead atoms. The number of fused-ring (bicyclic) bond motifs is 2. The van der Waals surface area contributed by atoms with Crippen molar-refractivity contribution in [2.75, 3.05) is 6.61 Å². The quantitative estimate of drug-likeness (QED) is 0.267. The molecule has 0 unspecified atom stereocenters. The van der Waals surface area contributed by atoms with Crippen LogP contribution >= 0.6 is 0 Å². The van der Waals surface area contributed by atoms with Crippen molar-refractivity contribution in [2.24, 2.45) is 0 Å². The van der Waals surface area contributed by atoms with Crippen LogP contribution in [0, 0.1) is 0 Å². The zero-order valence-corrected chi connectivity index (χ0v) is 19.7. The van der Waals surface area contributed by atoms with Crippen molar-refractivity contribution >= 4 is 27.6 Å². The predicted molar refractivity (Wildman–Crippen MR) is 135 cm³/mol. The molecular weight excluding hydrogens is 499 g/mol. The topological polar surface area (TPSA) is 77.8 Å². The lowest BCUT2D eigenvalue weighted by molar-refractivity contribution is -0.154. The second-order valence-corrected chi connectivity index (χ2v) is 8.41. The normalized spacial score (nSPS) is 11.4. The summed E-state index contributed by atoms with van der Waals surface area (Å²) in [4.78, 5) is 25.2. The van der Waals surface area contributed by atoms with E-state index in [2.05, 4.69) is 5.32 Å². The first-order valence-corrected chi connectivity index (χ1v) is 11.6. The largest absolute Gasteiger partial charge is 0.484 e. The second-order valence-electron chi connectivity index (χ2n) is 8.41. The molecule has 0 spiro atoms. The number of carbonyl (C=O) groups is 1. The molecule has 4 aromatic carbocycles. The van der Waals surface area contributed by atoms with Crippen LogP contribution in [0.15, 0.2) is 100 Å². The van der Waals surface area contributed by atoms with Gasteiger partial charge < -0.3 is 19.2 Å². The van der Waals surface area contributed by atoms with E-state index in [1.165, 1.54) is 18.2 Å². The summed E-state index contributed by atoms with van der Waals surface area (Å²) in [5, 5.41) is 4.15. The van der Waals surface area contributed by atoms with Gasteiger partial charge in [-0.15, -0.1) is 0 Å². The van der Waals surface area contributed by atoms with E-state index >= 15 is 0 Å². The van der Waals surface area contributed by atoms with Crippen molar-refractivity contribution in [1.29, 1.82) is 0 Å². The summed E-state index contributed by atoms with van der Waals surface area (Å²) in [7, 11) is 0. The fourth-order valence-corrected chi connectivity index (χ4v) is 3.87. The third-order valence-corrected chi connectivity index (χ3v) is 5.72. The molecule has 1 heterocycles. The highest BCUT2D eigenvalue weighted by molar-refractivity contribution is 5.84. The van der Waals surface area contributed by atoms with Crippen molar-refractivity contribution in [1.82, 2.24) is 5.32 Å². The number of hydrogen-bond acceptors (Lipinski definition) is 5. The number of halogens is 3. The molecule has 192 valence electrons. The molecule has 0 saturated heterocycles. The Bertz CT molecular complexity index is 1680. The Kier molecular flexibility index (Phi) is 6.74. The van der Waals surface area contributed by atoms with Crippen LogP contribution in [-0.2, 0) is 17.5 Å². The maximum Gasteiger partial charge on any atom is 0.453 e. The van der Waals surface area contributed by atoms with E-state index < -0.39 is 29.0 Å². The molecule has 5 aromatic rings. The maximum absolute atomic E-state index is 13.9. The van der Waals surface area contributed by atoms with Crippen LogP contribution in [0.5, 0.6) is 17.2 Å². The number of ether oxygens (including phenoxy) is 2. The van der Waals surface area contributed by atoms with Crippen molar-refractivity contribution < 1.29 is 31.9 Å². The van der Waals surface area contributed by atoms with Crippen molar-refractivity contribution in [3.63, 3.8) is 0 Å². The summed E-state index contributed by atoms with van der Waals surface area (Å²) in [5.41, 5.74) is -0.441. The highest BCUT2D eigenvalue weighted by atomic mass is 19.4. The average Bonchev–Trinajstić information content (AvgIpc) is 2.92. The minimum absolute atomic E-state index is 0.0577. The van der Waals surface area contributed by atoms with Gasteiger partial charge in [0.05, 0.1) is 5.39 Å². The van der Waals surface area contributed by atoms with Gasteiger partial charge in [0.2, 0.25) is 11.2 Å². The molecule has 1 amide bonds. The number of alkyl halides is 3. The van der Waals surface area contributed by atoms with Gasteiger partial charge in [-0.25, -0.2) is 0 Å². The third-order valence-electron chi connectivity index (χ3n) is 5.72. The number of carbonyl (C=O) groups excluding carboxylic acids is 1. The Balaban J connectivity index is 1.39. The van der Waals surface area contributed by atoms with E-state index in [9.17, 15) is 22.8 Å². The summed E-state index contributed by atoms with van der Waals surface area (Å²) >= 11 is 0. The lowest BCUT2D eigenvalue weighted by Crippen LogP contribution is -2.28. The van der Waals surface area contributed by atoms with Crippen molar-refractivity contribution in [3.8, 4) is 17.2 Å². The van der Waals surface area contributed by atoms with Gasteiger partial charge in [0.1, 0.15) is 17.1 Å². The number of rotatable bonds is 7. The molecule has 0 aliphatic heterocycles. The summed E-state index contributed by atoms with van der Waals surface area (Å²) in [6, 6.07) is 24.9. The molecule has 0 saturated carbocycles. The van der Waals surface area contributed by atoms with Gasteiger partial charge in [0.25, 0.3) is 11.7 Å². The summed E-state index contributed by atoms with van der Waals surface area (Å²) in [6.07, 6.45) is -5.01. The SMILES string of the molecule is O=C(COc1ccc2c(=O)c(Oc3ccc4ccccc4c3)c(C(F)(F)F)oc2c1)NCc1ccccc1. The van der Waals surface area contributed by atoms with E-state index in [-0.39, 0.29) is 29.1 Å². The average molecular weight is 519 g/mol. The van der Waals surface area contributed by atoms with E-state index in [0.29, 0.717) is 6.54 Å². The monoisotopic (exact) mass is 519 g/mol. The lowest BCUT2D eigenvalue weighted by atomic mass is 10.1. The first kappa shape index (κ1) is 24.9. The zero-order valence-electron chi connectivity index (χ0n) is 19.7. The first-order valence-electron chi connectivity index (χ1n) is 11.6.